The lowest BCUT2D eigenvalue weighted by Crippen LogP contribution is -2.36. The fraction of sp³-hybridized carbons (Fsp3) is 0.700. The molecule has 1 aliphatic rings. The molecular formula is C10H16O3. The molecule has 3 nitrogen and oxygen atoms in total. The van der Waals surface area contributed by atoms with Crippen molar-refractivity contribution in [3.63, 3.8) is 0 Å². The molecule has 0 unspecified atom stereocenters. The van der Waals surface area contributed by atoms with E-state index >= 15 is 0 Å². The maximum atomic E-state index is 11.6. The van der Waals surface area contributed by atoms with Gasteiger partial charge in [-0.1, -0.05) is 6.08 Å². The fourth-order valence-electron chi connectivity index (χ4n) is 1.50. The van der Waals surface area contributed by atoms with E-state index in [1.54, 1.807) is 6.08 Å². The van der Waals surface area contributed by atoms with E-state index in [2.05, 4.69) is 6.58 Å². The van der Waals surface area contributed by atoms with Crippen molar-refractivity contribution in [1.29, 1.82) is 0 Å². The van der Waals surface area contributed by atoms with Gasteiger partial charge in [-0.2, -0.15) is 0 Å². The molecule has 1 rings (SSSR count). The second-order valence-corrected chi connectivity index (χ2v) is 3.19. The molecule has 0 aromatic heterocycles. The Hall–Kier alpha value is -0.830. The lowest BCUT2D eigenvalue weighted by molar-refractivity contribution is -0.157. The molecular weight excluding hydrogens is 168 g/mol. The zero-order chi connectivity index (χ0) is 9.73. The third kappa shape index (κ3) is 2.10. The molecule has 0 spiro atoms. The highest BCUT2D eigenvalue weighted by molar-refractivity contribution is 5.79. The molecule has 0 aromatic rings. The Morgan fingerprint density at radius 3 is 2.69 bits per heavy atom. The summed E-state index contributed by atoms with van der Waals surface area (Å²) < 4.78 is 10.2. The Balaban J connectivity index is 2.66. The van der Waals surface area contributed by atoms with Crippen molar-refractivity contribution < 1.29 is 14.3 Å². The van der Waals surface area contributed by atoms with Crippen molar-refractivity contribution in [2.75, 3.05) is 19.8 Å². The molecule has 1 saturated heterocycles. The zero-order valence-corrected chi connectivity index (χ0v) is 8.04. The number of carbonyl (C=O) groups excluding carboxylic acids is 1. The van der Waals surface area contributed by atoms with Crippen molar-refractivity contribution in [2.45, 2.75) is 19.8 Å². The summed E-state index contributed by atoms with van der Waals surface area (Å²) in [4.78, 5) is 11.6. The van der Waals surface area contributed by atoms with Crippen LogP contribution in [0.4, 0.5) is 0 Å². The quantitative estimate of drug-likeness (QED) is 0.493. The van der Waals surface area contributed by atoms with Crippen LogP contribution in [0.1, 0.15) is 19.8 Å². The van der Waals surface area contributed by atoms with E-state index in [1.165, 1.54) is 0 Å². The van der Waals surface area contributed by atoms with Gasteiger partial charge in [0.2, 0.25) is 0 Å². The SMILES string of the molecule is C=CC1(C(=O)OCC)CCOCC1. The summed E-state index contributed by atoms with van der Waals surface area (Å²) in [6.07, 6.45) is 3.08. The molecule has 0 aliphatic carbocycles. The van der Waals surface area contributed by atoms with Gasteiger partial charge in [-0.25, -0.2) is 0 Å². The first-order valence-corrected chi connectivity index (χ1v) is 4.64. The number of carbonyl (C=O) groups is 1. The molecule has 0 saturated carbocycles. The minimum absolute atomic E-state index is 0.159. The molecule has 0 amide bonds. The molecule has 1 fully saturated rings. The van der Waals surface area contributed by atoms with Crippen LogP contribution in [0.15, 0.2) is 12.7 Å². The summed E-state index contributed by atoms with van der Waals surface area (Å²) in [5, 5.41) is 0. The molecule has 0 bridgehead atoms. The van der Waals surface area contributed by atoms with Gasteiger partial charge >= 0.3 is 5.97 Å². The van der Waals surface area contributed by atoms with Gasteiger partial charge in [0.05, 0.1) is 12.0 Å². The number of ether oxygens (including phenoxy) is 2. The summed E-state index contributed by atoms with van der Waals surface area (Å²) in [7, 11) is 0. The topological polar surface area (TPSA) is 35.5 Å². The maximum absolute atomic E-state index is 11.6. The summed E-state index contributed by atoms with van der Waals surface area (Å²) in [6, 6.07) is 0. The first-order chi connectivity index (χ1) is 6.25. The largest absolute Gasteiger partial charge is 0.465 e. The number of hydrogen-bond acceptors (Lipinski definition) is 3. The van der Waals surface area contributed by atoms with Gasteiger partial charge in [-0.05, 0) is 19.8 Å². The summed E-state index contributed by atoms with van der Waals surface area (Å²) in [5.74, 6) is -0.159. The van der Waals surface area contributed by atoms with Gasteiger partial charge in [0.25, 0.3) is 0 Å². The van der Waals surface area contributed by atoms with E-state index in [9.17, 15) is 4.79 Å². The molecule has 1 aliphatic heterocycles. The molecule has 3 heteroatoms. The number of rotatable bonds is 3. The fourth-order valence-corrected chi connectivity index (χ4v) is 1.50. The van der Waals surface area contributed by atoms with Crippen LogP contribution in [0, 0.1) is 5.41 Å². The van der Waals surface area contributed by atoms with Crippen molar-refractivity contribution in [3.8, 4) is 0 Å². The first-order valence-electron chi connectivity index (χ1n) is 4.64. The number of esters is 1. The van der Waals surface area contributed by atoms with Crippen LogP contribution >= 0.6 is 0 Å². The number of hydrogen-bond donors (Lipinski definition) is 0. The van der Waals surface area contributed by atoms with Gasteiger partial charge < -0.3 is 9.47 Å². The Morgan fingerprint density at radius 2 is 2.23 bits per heavy atom. The average Bonchev–Trinajstić information content (AvgIpc) is 2.19. The van der Waals surface area contributed by atoms with Gasteiger partial charge in [-0.15, -0.1) is 6.58 Å². The first kappa shape index (κ1) is 10.3. The van der Waals surface area contributed by atoms with Gasteiger partial charge in [0, 0.05) is 13.2 Å². The smallest absolute Gasteiger partial charge is 0.316 e. The monoisotopic (exact) mass is 184 g/mol. The summed E-state index contributed by atoms with van der Waals surface area (Å²) in [6.45, 7) is 7.17. The van der Waals surface area contributed by atoms with Crippen LogP contribution < -0.4 is 0 Å². The van der Waals surface area contributed by atoms with Gasteiger partial charge in [0.15, 0.2) is 0 Å². The maximum Gasteiger partial charge on any atom is 0.316 e. The van der Waals surface area contributed by atoms with Crippen molar-refractivity contribution >= 4 is 5.97 Å². The van der Waals surface area contributed by atoms with Crippen LogP contribution in [0.3, 0.4) is 0 Å². The Bertz CT molecular complexity index is 192. The highest BCUT2D eigenvalue weighted by Gasteiger charge is 2.38. The molecule has 0 N–H and O–H groups in total. The van der Waals surface area contributed by atoms with Gasteiger partial charge in [-0.3, -0.25) is 4.79 Å². The lowest BCUT2D eigenvalue weighted by atomic mass is 9.80. The van der Waals surface area contributed by atoms with Crippen LogP contribution in [0.2, 0.25) is 0 Å². The summed E-state index contributed by atoms with van der Waals surface area (Å²) >= 11 is 0. The molecule has 0 radical (unpaired) electrons. The van der Waals surface area contributed by atoms with Crippen molar-refractivity contribution in [3.05, 3.63) is 12.7 Å². The van der Waals surface area contributed by atoms with E-state index in [0.717, 1.165) is 0 Å². The standard InChI is InChI=1S/C10H16O3/c1-3-10(9(11)13-4-2)5-7-12-8-6-10/h3H,1,4-8H2,2H3. The van der Waals surface area contributed by atoms with Crippen LogP contribution in [-0.2, 0) is 14.3 Å². The van der Waals surface area contributed by atoms with E-state index in [0.29, 0.717) is 32.7 Å². The Morgan fingerprint density at radius 1 is 1.62 bits per heavy atom. The second-order valence-electron chi connectivity index (χ2n) is 3.19. The van der Waals surface area contributed by atoms with Crippen molar-refractivity contribution in [2.24, 2.45) is 5.41 Å². The van der Waals surface area contributed by atoms with Crippen molar-refractivity contribution in [1.82, 2.24) is 0 Å². The Labute approximate surface area is 78.7 Å². The molecule has 13 heavy (non-hydrogen) atoms. The highest BCUT2D eigenvalue weighted by Crippen LogP contribution is 2.32. The highest BCUT2D eigenvalue weighted by atomic mass is 16.5. The lowest BCUT2D eigenvalue weighted by Gasteiger charge is -2.31. The van der Waals surface area contributed by atoms with E-state index < -0.39 is 5.41 Å². The minimum atomic E-state index is -0.492. The molecule has 0 aromatic carbocycles. The van der Waals surface area contributed by atoms with E-state index in [-0.39, 0.29) is 5.97 Å². The van der Waals surface area contributed by atoms with E-state index in [1.807, 2.05) is 6.92 Å². The zero-order valence-electron chi connectivity index (χ0n) is 8.04. The predicted octanol–water partition coefficient (Wildman–Crippen LogP) is 1.53. The van der Waals surface area contributed by atoms with Crippen LogP contribution in [-0.4, -0.2) is 25.8 Å². The second kappa shape index (κ2) is 4.42. The van der Waals surface area contributed by atoms with Crippen LogP contribution in [0.5, 0.6) is 0 Å². The average molecular weight is 184 g/mol. The molecule has 74 valence electrons. The summed E-state index contributed by atoms with van der Waals surface area (Å²) in [5.41, 5.74) is -0.492. The van der Waals surface area contributed by atoms with Crippen LogP contribution in [0.25, 0.3) is 0 Å². The molecule has 0 atom stereocenters. The molecule has 1 heterocycles. The third-order valence-corrected chi connectivity index (χ3v) is 2.46. The Kier molecular flexibility index (Phi) is 3.48. The third-order valence-electron chi connectivity index (χ3n) is 2.46. The predicted molar refractivity (Wildman–Crippen MR) is 49.3 cm³/mol. The van der Waals surface area contributed by atoms with E-state index in [4.69, 9.17) is 9.47 Å². The van der Waals surface area contributed by atoms with Gasteiger partial charge in [0.1, 0.15) is 0 Å². The normalized spacial score (nSPS) is 20.7. The minimum Gasteiger partial charge on any atom is -0.465 e.